The molecule has 0 heterocycles. The van der Waals surface area contributed by atoms with Crippen molar-refractivity contribution < 1.29 is 8.78 Å². The van der Waals surface area contributed by atoms with Crippen molar-refractivity contribution in [3.05, 3.63) is 35.4 Å². The number of hydrogen-bond donors (Lipinski definition) is 1. The Morgan fingerprint density at radius 2 is 1.56 bits per heavy atom. The van der Waals surface area contributed by atoms with Crippen LogP contribution in [0, 0.1) is 17.6 Å². The molecule has 2 rings (SSSR count). The Balaban J connectivity index is 1.99. The molecule has 1 aromatic carbocycles. The first kappa shape index (κ1) is 13.5. The van der Waals surface area contributed by atoms with E-state index in [1.165, 1.54) is 50.7 Å². The number of nitrogens with two attached hydrogens (primary N) is 1. The Bertz CT molecular complexity index is 364. The molecule has 1 aliphatic carbocycles. The van der Waals surface area contributed by atoms with Crippen LogP contribution in [0.2, 0.25) is 0 Å². The van der Waals surface area contributed by atoms with Crippen molar-refractivity contribution in [3.63, 3.8) is 0 Å². The van der Waals surface area contributed by atoms with E-state index in [1.807, 2.05) is 0 Å². The lowest BCUT2D eigenvalue weighted by atomic mass is 9.90. The van der Waals surface area contributed by atoms with Crippen LogP contribution in [0.5, 0.6) is 0 Å². The second kappa shape index (κ2) is 6.28. The van der Waals surface area contributed by atoms with Gasteiger partial charge in [-0.15, -0.1) is 0 Å². The van der Waals surface area contributed by atoms with Crippen LogP contribution in [0.25, 0.3) is 0 Å². The van der Waals surface area contributed by atoms with E-state index in [1.54, 1.807) is 0 Å². The van der Waals surface area contributed by atoms with E-state index in [0.717, 1.165) is 12.5 Å². The van der Waals surface area contributed by atoms with Gasteiger partial charge in [0.25, 0.3) is 0 Å². The lowest BCUT2D eigenvalue weighted by Crippen LogP contribution is -2.16. The molecular weight excluding hydrogens is 232 g/mol. The van der Waals surface area contributed by atoms with Crippen LogP contribution in [0.3, 0.4) is 0 Å². The molecule has 0 saturated heterocycles. The number of rotatable bonds is 3. The van der Waals surface area contributed by atoms with Gasteiger partial charge in [0.1, 0.15) is 11.6 Å². The molecule has 1 aliphatic rings. The van der Waals surface area contributed by atoms with E-state index >= 15 is 0 Å². The van der Waals surface area contributed by atoms with Crippen LogP contribution in [0.4, 0.5) is 8.78 Å². The SMILES string of the molecule is NC(CC1CCCCCC1)c1cc(F)cc(F)c1. The molecule has 1 unspecified atom stereocenters. The molecule has 3 heteroatoms. The molecule has 1 atom stereocenters. The van der Waals surface area contributed by atoms with E-state index in [0.29, 0.717) is 11.5 Å². The number of halogens is 2. The predicted molar refractivity (Wildman–Crippen MR) is 69.1 cm³/mol. The van der Waals surface area contributed by atoms with Crippen molar-refractivity contribution >= 4 is 0 Å². The second-order valence-electron chi connectivity index (χ2n) is 5.40. The van der Waals surface area contributed by atoms with Crippen molar-refractivity contribution in [1.29, 1.82) is 0 Å². The van der Waals surface area contributed by atoms with Gasteiger partial charge < -0.3 is 5.73 Å². The summed E-state index contributed by atoms with van der Waals surface area (Å²) in [6, 6.07) is 3.34. The van der Waals surface area contributed by atoms with Gasteiger partial charge >= 0.3 is 0 Å². The lowest BCUT2D eigenvalue weighted by molar-refractivity contribution is 0.391. The first-order valence-corrected chi connectivity index (χ1v) is 6.87. The predicted octanol–water partition coefficient (Wildman–Crippen LogP) is 4.33. The zero-order chi connectivity index (χ0) is 13.0. The first-order chi connectivity index (χ1) is 8.65. The third kappa shape index (κ3) is 3.77. The molecule has 0 spiro atoms. The molecule has 0 amide bonds. The average molecular weight is 253 g/mol. The van der Waals surface area contributed by atoms with Gasteiger partial charge in [-0.3, -0.25) is 0 Å². The molecule has 2 N–H and O–H groups in total. The minimum absolute atomic E-state index is 0.252. The Morgan fingerprint density at radius 1 is 1.00 bits per heavy atom. The summed E-state index contributed by atoms with van der Waals surface area (Å²) >= 11 is 0. The second-order valence-corrected chi connectivity index (χ2v) is 5.40. The lowest BCUT2D eigenvalue weighted by Gasteiger charge is -2.19. The standard InChI is InChI=1S/C15H21F2N/c16-13-8-12(9-14(17)10-13)15(18)7-11-5-3-1-2-4-6-11/h8-11,15H,1-7,18H2. The highest BCUT2D eigenvalue weighted by atomic mass is 19.1. The van der Waals surface area contributed by atoms with Crippen LogP contribution in [-0.4, -0.2) is 0 Å². The van der Waals surface area contributed by atoms with Crippen molar-refractivity contribution in [1.82, 2.24) is 0 Å². The molecule has 0 aliphatic heterocycles. The zero-order valence-electron chi connectivity index (χ0n) is 10.7. The van der Waals surface area contributed by atoms with Crippen molar-refractivity contribution in [2.45, 2.75) is 51.0 Å². The van der Waals surface area contributed by atoms with Crippen LogP contribution in [-0.2, 0) is 0 Å². The molecule has 1 saturated carbocycles. The maximum absolute atomic E-state index is 13.1. The summed E-state index contributed by atoms with van der Waals surface area (Å²) in [4.78, 5) is 0. The molecule has 18 heavy (non-hydrogen) atoms. The largest absolute Gasteiger partial charge is 0.324 e. The molecular formula is C15H21F2N. The first-order valence-electron chi connectivity index (χ1n) is 6.87. The summed E-state index contributed by atoms with van der Waals surface area (Å²) in [6.45, 7) is 0. The van der Waals surface area contributed by atoms with Gasteiger partial charge in [0.15, 0.2) is 0 Å². The summed E-state index contributed by atoms with van der Waals surface area (Å²) in [7, 11) is 0. The Labute approximate surface area is 107 Å². The number of benzene rings is 1. The van der Waals surface area contributed by atoms with Gasteiger partial charge in [0, 0.05) is 12.1 Å². The van der Waals surface area contributed by atoms with E-state index in [4.69, 9.17) is 5.73 Å². The fraction of sp³-hybridized carbons (Fsp3) is 0.600. The molecule has 0 bridgehead atoms. The van der Waals surface area contributed by atoms with Gasteiger partial charge in [-0.2, -0.15) is 0 Å². The van der Waals surface area contributed by atoms with Crippen molar-refractivity contribution in [2.24, 2.45) is 11.7 Å². The van der Waals surface area contributed by atoms with E-state index in [2.05, 4.69) is 0 Å². The normalized spacial score (nSPS) is 19.5. The van der Waals surface area contributed by atoms with E-state index in [-0.39, 0.29) is 6.04 Å². The smallest absolute Gasteiger partial charge is 0.126 e. The molecule has 1 nitrogen and oxygen atoms in total. The van der Waals surface area contributed by atoms with E-state index < -0.39 is 11.6 Å². The quantitative estimate of drug-likeness (QED) is 0.797. The molecule has 0 radical (unpaired) electrons. The summed E-state index contributed by atoms with van der Waals surface area (Å²) in [5, 5.41) is 0. The summed E-state index contributed by atoms with van der Waals surface area (Å²) in [5.74, 6) is -0.475. The fourth-order valence-corrected chi connectivity index (χ4v) is 2.88. The Kier molecular flexibility index (Phi) is 4.70. The van der Waals surface area contributed by atoms with Crippen molar-refractivity contribution in [2.75, 3.05) is 0 Å². The third-order valence-corrected chi connectivity index (χ3v) is 3.88. The maximum atomic E-state index is 13.1. The Hall–Kier alpha value is -0.960. The highest BCUT2D eigenvalue weighted by Crippen LogP contribution is 2.30. The highest BCUT2D eigenvalue weighted by molar-refractivity contribution is 5.21. The summed E-state index contributed by atoms with van der Waals surface area (Å²) < 4.78 is 26.3. The van der Waals surface area contributed by atoms with Crippen molar-refractivity contribution in [3.8, 4) is 0 Å². The van der Waals surface area contributed by atoms with Crippen LogP contribution < -0.4 is 5.73 Å². The highest BCUT2D eigenvalue weighted by Gasteiger charge is 2.17. The minimum Gasteiger partial charge on any atom is -0.324 e. The van der Waals surface area contributed by atoms with Crippen LogP contribution in [0.15, 0.2) is 18.2 Å². The van der Waals surface area contributed by atoms with Gasteiger partial charge in [-0.25, -0.2) is 8.78 Å². The average Bonchev–Trinajstić information content (AvgIpc) is 2.56. The number of hydrogen-bond acceptors (Lipinski definition) is 1. The Morgan fingerprint density at radius 3 is 2.11 bits per heavy atom. The maximum Gasteiger partial charge on any atom is 0.126 e. The molecule has 1 fully saturated rings. The van der Waals surface area contributed by atoms with Crippen LogP contribution >= 0.6 is 0 Å². The van der Waals surface area contributed by atoms with Gasteiger partial charge in [-0.05, 0) is 30.0 Å². The minimum atomic E-state index is -0.540. The van der Waals surface area contributed by atoms with Crippen LogP contribution in [0.1, 0.15) is 56.6 Å². The monoisotopic (exact) mass is 253 g/mol. The third-order valence-electron chi connectivity index (χ3n) is 3.88. The van der Waals surface area contributed by atoms with E-state index in [9.17, 15) is 8.78 Å². The molecule has 100 valence electrons. The molecule has 1 aromatic rings. The summed E-state index contributed by atoms with van der Waals surface area (Å²) in [5.41, 5.74) is 6.66. The fourth-order valence-electron chi connectivity index (χ4n) is 2.88. The molecule has 0 aromatic heterocycles. The topological polar surface area (TPSA) is 26.0 Å². The van der Waals surface area contributed by atoms with Gasteiger partial charge in [-0.1, -0.05) is 38.5 Å². The van der Waals surface area contributed by atoms with Gasteiger partial charge in [0.05, 0.1) is 0 Å². The summed E-state index contributed by atoms with van der Waals surface area (Å²) in [6.07, 6.45) is 8.37. The van der Waals surface area contributed by atoms with Gasteiger partial charge in [0.2, 0.25) is 0 Å². The zero-order valence-corrected chi connectivity index (χ0v) is 10.7.